The highest BCUT2D eigenvalue weighted by atomic mass is 16.1. The van der Waals surface area contributed by atoms with Crippen LogP contribution in [0.25, 0.3) is 0 Å². The summed E-state index contributed by atoms with van der Waals surface area (Å²) in [5, 5.41) is 3.26. The summed E-state index contributed by atoms with van der Waals surface area (Å²) in [6, 6.07) is 8.21. The standard InChI is InChI=1S/C18H28N2O/c1-4-5-8-14-9-7-12-17(14)19-18(21)15-10-6-11-16(13-15)20(2)3/h6,10-11,13-14,17H,4-5,7-9,12H2,1-3H3,(H,19,21). The number of amides is 1. The van der Waals surface area contributed by atoms with Crippen LogP contribution in [0.3, 0.4) is 0 Å². The van der Waals surface area contributed by atoms with Crippen LogP contribution in [0, 0.1) is 5.92 Å². The van der Waals surface area contributed by atoms with Crippen molar-refractivity contribution in [2.45, 2.75) is 51.5 Å². The number of hydrogen-bond acceptors (Lipinski definition) is 2. The van der Waals surface area contributed by atoms with Gasteiger partial charge in [0.05, 0.1) is 0 Å². The van der Waals surface area contributed by atoms with Crippen LogP contribution >= 0.6 is 0 Å². The monoisotopic (exact) mass is 288 g/mol. The van der Waals surface area contributed by atoms with Gasteiger partial charge in [-0.2, -0.15) is 0 Å². The number of carbonyl (C=O) groups excluding carboxylic acids is 1. The quantitative estimate of drug-likeness (QED) is 0.862. The summed E-state index contributed by atoms with van der Waals surface area (Å²) in [6.07, 6.45) is 7.40. The van der Waals surface area contributed by atoms with E-state index in [1.807, 2.05) is 43.3 Å². The molecule has 116 valence electrons. The van der Waals surface area contributed by atoms with E-state index in [1.165, 1.54) is 32.1 Å². The Morgan fingerprint density at radius 1 is 1.33 bits per heavy atom. The molecule has 1 aromatic rings. The third-order valence-corrected chi connectivity index (χ3v) is 4.53. The summed E-state index contributed by atoms with van der Waals surface area (Å²) < 4.78 is 0. The van der Waals surface area contributed by atoms with E-state index in [0.29, 0.717) is 12.0 Å². The van der Waals surface area contributed by atoms with Gasteiger partial charge in [0.15, 0.2) is 0 Å². The van der Waals surface area contributed by atoms with Gasteiger partial charge in [0.1, 0.15) is 0 Å². The van der Waals surface area contributed by atoms with Crippen LogP contribution in [0.1, 0.15) is 55.8 Å². The molecule has 2 unspecified atom stereocenters. The lowest BCUT2D eigenvalue weighted by atomic mass is 9.96. The number of rotatable bonds is 6. The molecule has 0 radical (unpaired) electrons. The Labute approximate surface area is 128 Å². The third-order valence-electron chi connectivity index (χ3n) is 4.53. The van der Waals surface area contributed by atoms with Crippen molar-refractivity contribution in [3.05, 3.63) is 29.8 Å². The van der Waals surface area contributed by atoms with Crippen LogP contribution in [-0.4, -0.2) is 26.0 Å². The van der Waals surface area contributed by atoms with Gasteiger partial charge in [0.2, 0.25) is 0 Å². The third kappa shape index (κ3) is 4.23. The van der Waals surface area contributed by atoms with Gasteiger partial charge in [-0.05, 0) is 43.4 Å². The fraction of sp³-hybridized carbons (Fsp3) is 0.611. The zero-order chi connectivity index (χ0) is 15.2. The lowest BCUT2D eigenvalue weighted by Gasteiger charge is -2.21. The Hall–Kier alpha value is -1.51. The Morgan fingerprint density at radius 2 is 2.14 bits per heavy atom. The number of carbonyl (C=O) groups is 1. The van der Waals surface area contributed by atoms with E-state index in [4.69, 9.17) is 0 Å². The van der Waals surface area contributed by atoms with E-state index >= 15 is 0 Å². The van der Waals surface area contributed by atoms with E-state index in [9.17, 15) is 4.79 Å². The number of hydrogen-bond donors (Lipinski definition) is 1. The summed E-state index contributed by atoms with van der Waals surface area (Å²) in [6.45, 7) is 2.23. The topological polar surface area (TPSA) is 32.3 Å². The van der Waals surface area contributed by atoms with Crippen molar-refractivity contribution in [1.29, 1.82) is 0 Å². The number of anilines is 1. The predicted octanol–water partition coefficient (Wildman–Crippen LogP) is 3.84. The van der Waals surface area contributed by atoms with E-state index in [-0.39, 0.29) is 5.91 Å². The van der Waals surface area contributed by atoms with Crippen molar-refractivity contribution in [3.63, 3.8) is 0 Å². The van der Waals surface area contributed by atoms with E-state index < -0.39 is 0 Å². The van der Waals surface area contributed by atoms with E-state index in [2.05, 4.69) is 12.2 Å². The number of nitrogens with zero attached hydrogens (tertiary/aromatic N) is 1. The normalized spacial score (nSPS) is 21.3. The molecule has 2 rings (SSSR count). The molecule has 1 aliphatic carbocycles. The maximum Gasteiger partial charge on any atom is 0.251 e. The first kappa shape index (κ1) is 15.9. The Kier molecular flexibility index (Phi) is 5.66. The average molecular weight is 288 g/mol. The predicted molar refractivity (Wildman–Crippen MR) is 88.9 cm³/mol. The molecule has 0 bridgehead atoms. The van der Waals surface area contributed by atoms with Gasteiger partial charge in [0.25, 0.3) is 5.91 Å². The number of unbranched alkanes of at least 4 members (excludes halogenated alkanes) is 1. The highest BCUT2D eigenvalue weighted by Crippen LogP contribution is 2.30. The van der Waals surface area contributed by atoms with Crippen LogP contribution in [0.5, 0.6) is 0 Å². The molecular weight excluding hydrogens is 260 g/mol. The molecule has 1 saturated carbocycles. The molecule has 3 nitrogen and oxygen atoms in total. The molecule has 1 fully saturated rings. The van der Waals surface area contributed by atoms with Crippen LogP contribution in [0.2, 0.25) is 0 Å². The van der Waals surface area contributed by atoms with Crippen molar-refractivity contribution in [2.24, 2.45) is 5.92 Å². The van der Waals surface area contributed by atoms with Gasteiger partial charge < -0.3 is 10.2 Å². The molecule has 0 aromatic heterocycles. The first-order valence-corrected chi connectivity index (χ1v) is 8.20. The van der Waals surface area contributed by atoms with Crippen molar-refractivity contribution >= 4 is 11.6 Å². The van der Waals surface area contributed by atoms with E-state index in [1.54, 1.807) is 0 Å². The minimum atomic E-state index is 0.0760. The molecule has 0 saturated heterocycles. The maximum atomic E-state index is 12.5. The molecule has 2 atom stereocenters. The molecule has 3 heteroatoms. The highest BCUT2D eigenvalue weighted by Gasteiger charge is 2.28. The van der Waals surface area contributed by atoms with Gasteiger partial charge in [-0.1, -0.05) is 32.3 Å². The molecular formula is C18H28N2O. The average Bonchev–Trinajstić information content (AvgIpc) is 2.92. The SMILES string of the molecule is CCCCC1CCCC1NC(=O)c1cccc(N(C)C)c1. The summed E-state index contributed by atoms with van der Waals surface area (Å²) in [4.78, 5) is 14.5. The fourth-order valence-electron chi connectivity index (χ4n) is 3.22. The maximum absolute atomic E-state index is 12.5. The molecule has 1 aromatic carbocycles. The summed E-state index contributed by atoms with van der Waals surface area (Å²) in [5.74, 6) is 0.748. The van der Waals surface area contributed by atoms with Crippen LogP contribution in [0.4, 0.5) is 5.69 Å². The fourth-order valence-corrected chi connectivity index (χ4v) is 3.22. The highest BCUT2D eigenvalue weighted by molar-refractivity contribution is 5.95. The molecule has 21 heavy (non-hydrogen) atoms. The Balaban J connectivity index is 1.98. The van der Waals surface area contributed by atoms with Gasteiger partial charge in [0, 0.05) is 31.4 Å². The van der Waals surface area contributed by atoms with Crippen molar-refractivity contribution < 1.29 is 4.79 Å². The second-order valence-electron chi connectivity index (χ2n) is 6.36. The van der Waals surface area contributed by atoms with Crippen LogP contribution in [0.15, 0.2) is 24.3 Å². The second kappa shape index (κ2) is 7.48. The minimum absolute atomic E-state index is 0.0760. The van der Waals surface area contributed by atoms with Gasteiger partial charge in [-0.3, -0.25) is 4.79 Å². The molecule has 1 amide bonds. The second-order valence-corrected chi connectivity index (χ2v) is 6.36. The molecule has 0 heterocycles. The number of benzene rings is 1. The van der Waals surface area contributed by atoms with Gasteiger partial charge >= 0.3 is 0 Å². The zero-order valence-electron chi connectivity index (χ0n) is 13.6. The van der Waals surface area contributed by atoms with Gasteiger partial charge in [-0.15, -0.1) is 0 Å². The smallest absolute Gasteiger partial charge is 0.251 e. The molecule has 1 N–H and O–H groups in total. The Bertz CT molecular complexity index is 470. The summed E-state index contributed by atoms with van der Waals surface area (Å²) >= 11 is 0. The zero-order valence-corrected chi connectivity index (χ0v) is 13.6. The van der Waals surface area contributed by atoms with Crippen molar-refractivity contribution in [3.8, 4) is 0 Å². The molecule has 0 aliphatic heterocycles. The first-order valence-electron chi connectivity index (χ1n) is 8.20. The lowest BCUT2D eigenvalue weighted by Crippen LogP contribution is -2.37. The largest absolute Gasteiger partial charge is 0.378 e. The Morgan fingerprint density at radius 3 is 2.86 bits per heavy atom. The van der Waals surface area contributed by atoms with Crippen molar-refractivity contribution in [1.82, 2.24) is 5.32 Å². The summed E-state index contributed by atoms with van der Waals surface area (Å²) in [7, 11) is 3.99. The van der Waals surface area contributed by atoms with Crippen molar-refractivity contribution in [2.75, 3.05) is 19.0 Å². The van der Waals surface area contributed by atoms with Crippen LogP contribution in [-0.2, 0) is 0 Å². The summed E-state index contributed by atoms with van der Waals surface area (Å²) in [5.41, 5.74) is 1.83. The lowest BCUT2D eigenvalue weighted by molar-refractivity contribution is 0.0926. The van der Waals surface area contributed by atoms with Crippen LogP contribution < -0.4 is 10.2 Å². The number of nitrogens with one attached hydrogen (secondary N) is 1. The van der Waals surface area contributed by atoms with E-state index in [0.717, 1.165) is 17.7 Å². The molecule has 0 spiro atoms. The van der Waals surface area contributed by atoms with Gasteiger partial charge in [-0.25, -0.2) is 0 Å². The minimum Gasteiger partial charge on any atom is -0.378 e. The first-order chi connectivity index (χ1) is 10.1. The molecule has 1 aliphatic rings.